The van der Waals surface area contributed by atoms with Gasteiger partial charge in [-0.15, -0.1) is 0 Å². The Balaban J connectivity index is 1.47. The van der Waals surface area contributed by atoms with E-state index in [-0.39, 0.29) is 6.42 Å². The van der Waals surface area contributed by atoms with Crippen LogP contribution in [-0.4, -0.2) is 37.5 Å². The lowest BCUT2D eigenvalue weighted by Crippen LogP contribution is -2.39. The second-order valence-electron chi connectivity index (χ2n) is 12.1. The lowest BCUT2D eigenvalue weighted by Gasteiger charge is -2.13. The van der Waals surface area contributed by atoms with Crippen LogP contribution in [-0.2, 0) is 16.0 Å². The SMILES string of the molecule is CCCCCCCCOc1ccc(/C=N/NC(=O)C(Cc2ccccc2)C(=O)N/N=C/c2ccc(OCCCCCCCC)cc2)cc1. The van der Waals surface area contributed by atoms with Crippen molar-refractivity contribution in [3.05, 3.63) is 95.6 Å². The summed E-state index contributed by atoms with van der Waals surface area (Å²) in [6, 6.07) is 24.5. The predicted octanol–water partition coefficient (Wildman–Crippen LogP) is 8.62. The minimum Gasteiger partial charge on any atom is -0.494 e. The molecule has 8 heteroatoms. The molecule has 3 aromatic carbocycles. The summed E-state index contributed by atoms with van der Waals surface area (Å²) in [6.07, 6.45) is 17.9. The Bertz CT molecular complexity index is 1270. The fourth-order valence-electron chi connectivity index (χ4n) is 5.10. The third-order valence-electron chi connectivity index (χ3n) is 7.99. The van der Waals surface area contributed by atoms with Crippen molar-refractivity contribution in [3.63, 3.8) is 0 Å². The number of carbonyl (C=O) groups is 2. The molecule has 0 saturated heterocycles. The van der Waals surface area contributed by atoms with Crippen LogP contribution in [0.4, 0.5) is 0 Å². The van der Waals surface area contributed by atoms with Crippen molar-refractivity contribution in [2.75, 3.05) is 13.2 Å². The molecule has 0 saturated carbocycles. The molecule has 2 N–H and O–H groups in total. The summed E-state index contributed by atoms with van der Waals surface area (Å²) in [7, 11) is 0. The monoisotopic (exact) mass is 654 g/mol. The van der Waals surface area contributed by atoms with E-state index in [4.69, 9.17) is 9.47 Å². The largest absolute Gasteiger partial charge is 0.494 e. The molecule has 8 nitrogen and oxygen atoms in total. The maximum atomic E-state index is 13.1. The number of hydrogen-bond donors (Lipinski definition) is 2. The molecule has 0 bridgehead atoms. The van der Waals surface area contributed by atoms with Gasteiger partial charge in [-0.25, -0.2) is 10.9 Å². The first kappa shape index (κ1) is 38.0. The van der Waals surface area contributed by atoms with Crippen molar-refractivity contribution in [1.29, 1.82) is 0 Å². The van der Waals surface area contributed by atoms with Gasteiger partial charge in [0, 0.05) is 0 Å². The molecular weight excluding hydrogens is 600 g/mol. The van der Waals surface area contributed by atoms with Crippen molar-refractivity contribution in [3.8, 4) is 11.5 Å². The number of hydrogen-bond acceptors (Lipinski definition) is 6. The molecule has 2 amide bonds. The average Bonchev–Trinajstić information content (AvgIpc) is 3.11. The number of unbranched alkanes of at least 4 members (excludes halogenated alkanes) is 10. The van der Waals surface area contributed by atoms with Gasteiger partial charge in [0.15, 0.2) is 0 Å². The number of nitrogens with one attached hydrogen (secondary N) is 2. The van der Waals surface area contributed by atoms with Gasteiger partial charge >= 0.3 is 0 Å². The normalized spacial score (nSPS) is 11.3. The van der Waals surface area contributed by atoms with Gasteiger partial charge in [0.05, 0.1) is 25.6 Å². The molecule has 0 atom stereocenters. The Morgan fingerprint density at radius 2 is 1.00 bits per heavy atom. The summed E-state index contributed by atoms with van der Waals surface area (Å²) in [5, 5.41) is 8.22. The second kappa shape index (κ2) is 23.8. The van der Waals surface area contributed by atoms with E-state index >= 15 is 0 Å². The molecule has 258 valence electrons. The van der Waals surface area contributed by atoms with Gasteiger partial charge in [-0.3, -0.25) is 9.59 Å². The number of ether oxygens (including phenoxy) is 2. The lowest BCUT2D eigenvalue weighted by molar-refractivity contribution is -0.135. The quantitative estimate of drug-likeness (QED) is 0.0437. The van der Waals surface area contributed by atoms with E-state index in [0.29, 0.717) is 13.2 Å². The van der Waals surface area contributed by atoms with Crippen molar-refractivity contribution in [2.24, 2.45) is 16.1 Å². The topological polar surface area (TPSA) is 101 Å². The Morgan fingerprint density at radius 1 is 0.583 bits per heavy atom. The molecule has 0 aliphatic heterocycles. The van der Waals surface area contributed by atoms with E-state index in [0.717, 1.165) is 41.0 Å². The Kier molecular flexibility index (Phi) is 18.8. The Morgan fingerprint density at radius 3 is 1.44 bits per heavy atom. The van der Waals surface area contributed by atoms with Crippen LogP contribution in [0.2, 0.25) is 0 Å². The highest BCUT2D eigenvalue weighted by Gasteiger charge is 2.27. The zero-order chi connectivity index (χ0) is 34.1. The summed E-state index contributed by atoms with van der Waals surface area (Å²) in [6.45, 7) is 5.84. The van der Waals surface area contributed by atoms with Gasteiger partial charge in [-0.2, -0.15) is 10.2 Å². The molecule has 0 radical (unpaired) electrons. The van der Waals surface area contributed by atoms with Gasteiger partial charge in [0.25, 0.3) is 11.8 Å². The number of amides is 2. The molecular formula is C40H54N4O4. The van der Waals surface area contributed by atoms with E-state index in [1.807, 2.05) is 78.9 Å². The van der Waals surface area contributed by atoms with Crippen molar-refractivity contribution >= 4 is 24.2 Å². The molecule has 0 unspecified atom stereocenters. The molecule has 3 rings (SSSR count). The summed E-state index contributed by atoms with van der Waals surface area (Å²) >= 11 is 0. The minimum absolute atomic E-state index is 0.207. The zero-order valence-corrected chi connectivity index (χ0v) is 28.9. The molecule has 0 heterocycles. The summed E-state index contributed by atoms with van der Waals surface area (Å²) < 4.78 is 11.7. The predicted molar refractivity (Wildman–Crippen MR) is 196 cm³/mol. The second-order valence-corrected chi connectivity index (χ2v) is 12.1. The fraction of sp³-hybridized carbons (Fsp3) is 0.450. The van der Waals surface area contributed by atoms with E-state index in [1.165, 1.54) is 64.2 Å². The number of hydrazone groups is 2. The van der Waals surface area contributed by atoms with E-state index in [1.54, 1.807) is 12.4 Å². The summed E-state index contributed by atoms with van der Waals surface area (Å²) in [4.78, 5) is 26.3. The highest BCUT2D eigenvalue weighted by atomic mass is 16.5. The summed E-state index contributed by atoms with van der Waals surface area (Å²) in [5.74, 6) is -0.463. The standard InChI is InChI=1S/C40H54N4O4/c1-3-5-7-9-11-16-28-47-36-24-20-34(21-25-36)31-41-43-39(45)38(30-33-18-14-13-15-19-33)40(46)44-42-32-35-22-26-37(27-23-35)48-29-17-12-10-8-6-4-2/h13-15,18-27,31-32,38H,3-12,16-17,28-30H2,1-2H3,(H,43,45)(H,44,46)/b41-31+,42-32+. The van der Waals surface area contributed by atoms with Crippen LogP contribution in [0.25, 0.3) is 0 Å². The van der Waals surface area contributed by atoms with Crippen LogP contribution >= 0.6 is 0 Å². The van der Waals surface area contributed by atoms with Crippen molar-refractivity contribution in [2.45, 2.75) is 97.3 Å². The maximum Gasteiger partial charge on any atom is 0.253 e. The van der Waals surface area contributed by atoms with Gasteiger partial charge in [-0.05, 0) is 84.5 Å². The van der Waals surface area contributed by atoms with Crippen LogP contribution in [0.3, 0.4) is 0 Å². The van der Waals surface area contributed by atoms with Crippen LogP contribution in [0.15, 0.2) is 89.1 Å². The first-order valence-corrected chi connectivity index (χ1v) is 17.7. The van der Waals surface area contributed by atoms with E-state index in [9.17, 15) is 9.59 Å². The van der Waals surface area contributed by atoms with Crippen LogP contribution in [0.5, 0.6) is 11.5 Å². The van der Waals surface area contributed by atoms with Crippen LogP contribution < -0.4 is 20.3 Å². The number of carbonyl (C=O) groups excluding carboxylic acids is 2. The van der Waals surface area contributed by atoms with Gasteiger partial charge in [0.2, 0.25) is 0 Å². The molecule has 0 aromatic heterocycles. The Hall–Kier alpha value is -4.46. The first-order chi connectivity index (χ1) is 23.6. The van der Waals surface area contributed by atoms with Crippen molar-refractivity contribution in [1.82, 2.24) is 10.9 Å². The summed E-state index contributed by atoms with van der Waals surface area (Å²) in [5.41, 5.74) is 7.52. The van der Waals surface area contributed by atoms with E-state index < -0.39 is 17.7 Å². The highest BCUT2D eigenvalue weighted by Crippen LogP contribution is 2.15. The molecule has 3 aromatic rings. The number of rotatable bonds is 24. The van der Waals surface area contributed by atoms with Gasteiger partial charge in [0.1, 0.15) is 17.4 Å². The smallest absolute Gasteiger partial charge is 0.253 e. The fourth-order valence-corrected chi connectivity index (χ4v) is 5.10. The van der Waals surface area contributed by atoms with Gasteiger partial charge in [-0.1, -0.05) is 108 Å². The minimum atomic E-state index is -1.03. The third kappa shape index (κ3) is 15.9. The molecule has 0 aliphatic rings. The van der Waals surface area contributed by atoms with Crippen molar-refractivity contribution < 1.29 is 19.1 Å². The Labute approximate surface area is 287 Å². The van der Waals surface area contributed by atoms with E-state index in [2.05, 4.69) is 34.9 Å². The van der Waals surface area contributed by atoms with Crippen LogP contribution in [0, 0.1) is 5.92 Å². The molecule has 48 heavy (non-hydrogen) atoms. The molecule has 0 aliphatic carbocycles. The van der Waals surface area contributed by atoms with Gasteiger partial charge < -0.3 is 9.47 Å². The average molecular weight is 655 g/mol. The maximum absolute atomic E-state index is 13.1. The first-order valence-electron chi connectivity index (χ1n) is 17.7. The van der Waals surface area contributed by atoms with Crippen LogP contribution in [0.1, 0.15) is 108 Å². The molecule has 0 spiro atoms. The molecule has 0 fully saturated rings. The zero-order valence-electron chi connectivity index (χ0n) is 28.9. The lowest BCUT2D eigenvalue weighted by atomic mass is 9.98. The highest BCUT2D eigenvalue weighted by molar-refractivity contribution is 6.01. The number of benzene rings is 3. The third-order valence-corrected chi connectivity index (χ3v) is 7.99. The number of nitrogens with zero attached hydrogens (tertiary/aromatic N) is 2.